The number of hydrogen-bond acceptors (Lipinski definition) is 6. The summed E-state index contributed by atoms with van der Waals surface area (Å²) in [5, 5.41) is 28.2. The van der Waals surface area contributed by atoms with Crippen LogP contribution in [0.4, 0.5) is 18.9 Å². The molecule has 1 amide bonds. The summed E-state index contributed by atoms with van der Waals surface area (Å²) in [4.78, 5) is 16.5. The van der Waals surface area contributed by atoms with E-state index in [1.54, 1.807) is 26.0 Å². The predicted octanol–water partition coefficient (Wildman–Crippen LogP) is 4.53. The highest BCUT2D eigenvalue weighted by Crippen LogP contribution is 2.35. The molecule has 8 nitrogen and oxygen atoms in total. The van der Waals surface area contributed by atoms with E-state index < -0.39 is 23.8 Å². The van der Waals surface area contributed by atoms with Gasteiger partial charge in [0.15, 0.2) is 0 Å². The quantitative estimate of drug-likeness (QED) is 0.466. The molecule has 0 aliphatic heterocycles. The van der Waals surface area contributed by atoms with Crippen molar-refractivity contribution < 1.29 is 32.9 Å². The molecule has 1 aromatic carbocycles. The Labute approximate surface area is 199 Å². The number of carbonyl (C=O) groups is 1. The van der Waals surface area contributed by atoms with Crippen molar-refractivity contribution in [1.29, 1.82) is 0 Å². The van der Waals surface area contributed by atoms with Crippen molar-refractivity contribution in [3.63, 3.8) is 0 Å². The third-order valence-electron chi connectivity index (χ3n) is 6.19. The topological polar surface area (TPSA) is 110 Å². The number of aliphatic hydroxyl groups is 2. The number of ether oxygens (including phenoxy) is 1. The van der Waals surface area contributed by atoms with Crippen molar-refractivity contribution in [2.75, 3.05) is 11.9 Å². The minimum atomic E-state index is -4.93. The Morgan fingerprint density at radius 3 is 2.54 bits per heavy atom. The van der Waals surface area contributed by atoms with Crippen molar-refractivity contribution in [2.45, 2.75) is 57.5 Å². The molecule has 0 bridgehead atoms. The third kappa shape index (κ3) is 5.91. The summed E-state index contributed by atoms with van der Waals surface area (Å²) in [5.74, 6) is -1.19. The largest absolute Gasteiger partial charge is 0.574 e. The van der Waals surface area contributed by atoms with Gasteiger partial charge in [0.05, 0.1) is 17.2 Å². The predicted molar refractivity (Wildman–Crippen MR) is 122 cm³/mol. The second-order valence-electron chi connectivity index (χ2n) is 9.34. The van der Waals surface area contributed by atoms with Crippen LogP contribution in [0.2, 0.25) is 0 Å². The number of nitrogens with one attached hydrogen (secondary N) is 1. The minimum absolute atomic E-state index is 0.186. The Morgan fingerprint density at radius 1 is 1.20 bits per heavy atom. The average Bonchev–Trinajstić information content (AvgIpc) is 3.20. The summed E-state index contributed by atoms with van der Waals surface area (Å²) in [6, 6.07) is 7.06. The van der Waals surface area contributed by atoms with Gasteiger partial charge in [-0.2, -0.15) is 5.10 Å². The number of aromatic nitrogens is 3. The second kappa shape index (κ2) is 9.46. The number of anilines is 1. The standard InChI is InChI=1S/C24H27F3N4O4/c1-23(2,34)17-11-19-15(12-31(30-19)16-8-6-14(13-32)7-9-16)10-20(17)29-22(33)18-4-3-5-21(28-18)35-24(25,26)27/h3-5,10-12,14,16,32,34H,6-9,13H2,1-2H3,(H,29,33)/t14-,16-. The number of alkyl halides is 3. The maximum atomic E-state index is 12.8. The first kappa shape index (κ1) is 24.9. The molecule has 2 heterocycles. The maximum absolute atomic E-state index is 12.8. The molecule has 1 saturated carbocycles. The Kier molecular flexibility index (Phi) is 6.74. The number of aliphatic hydroxyl groups excluding tert-OH is 1. The number of hydrogen-bond donors (Lipinski definition) is 3. The second-order valence-corrected chi connectivity index (χ2v) is 9.34. The fourth-order valence-electron chi connectivity index (χ4n) is 4.38. The van der Waals surface area contributed by atoms with Gasteiger partial charge in [0, 0.05) is 35.5 Å². The molecule has 1 fully saturated rings. The van der Waals surface area contributed by atoms with Crippen LogP contribution in [0.3, 0.4) is 0 Å². The van der Waals surface area contributed by atoms with Gasteiger partial charge >= 0.3 is 6.36 Å². The summed E-state index contributed by atoms with van der Waals surface area (Å²) < 4.78 is 43.2. The molecule has 0 saturated heterocycles. The van der Waals surface area contributed by atoms with E-state index in [4.69, 9.17) is 0 Å². The van der Waals surface area contributed by atoms with E-state index in [1.165, 1.54) is 12.1 Å². The molecule has 0 radical (unpaired) electrons. The van der Waals surface area contributed by atoms with Crippen LogP contribution >= 0.6 is 0 Å². The van der Waals surface area contributed by atoms with Crippen LogP contribution < -0.4 is 10.1 Å². The number of halogens is 3. The fourth-order valence-corrected chi connectivity index (χ4v) is 4.38. The molecule has 0 atom stereocenters. The molecule has 1 aliphatic rings. The lowest BCUT2D eigenvalue weighted by molar-refractivity contribution is -0.276. The van der Waals surface area contributed by atoms with Crippen LogP contribution in [0.25, 0.3) is 10.9 Å². The van der Waals surface area contributed by atoms with E-state index >= 15 is 0 Å². The van der Waals surface area contributed by atoms with Crippen molar-refractivity contribution in [3.05, 3.63) is 47.8 Å². The maximum Gasteiger partial charge on any atom is 0.574 e. The molecule has 0 unspecified atom stereocenters. The third-order valence-corrected chi connectivity index (χ3v) is 6.19. The van der Waals surface area contributed by atoms with Gasteiger partial charge in [0.2, 0.25) is 5.88 Å². The van der Waals surface area contributed by atoms with Gasteiger partial charge in [-0.25, -0.2) is 4.98 Å². The van der Waals surface area contributed by atoms with Gasteiger partial charge in [0.1, 0.15) is 5.69 Å². The molecule has 11 heteroatoms. The summed E-state index contributed by atoms with van der Waals surface area (Å²) in [5.41, 5.74) is -0.278. The fraction of sp³-hybridized carbons (Fsp3) is 0.458. The normalized spacial score (nSPS) is 19.1. The molecular formula is C24H27F3N4O4. The Morgan fingerprint density at radius 2 is 1.91 bits per heavy atom. The molecule has 1 aliphatic carbocycles. The van der Waals surface area contributed by atoms with Crippen molar-refractivity contribution >= 4 is 22.5 Å². The zero-order valence-electron chi connectivity index (χ0n) is 19.3. The Bertz CT molecular complexity index is 1210. The number of carbonyl (C=O) groups excluding carboxylic acids is 1. The van der Waals surface area contributed by atoms with Crippen LogP contribution in [-0.4, -0.2) is 43.9 Å². The van der Waals surface area contributed by atoms with Crippen molar-refractivity contribution in [2.24, 2.45) is 5.92 Å². The molecule has 35 heavy (non-hydrogen) atoms. The number of fused-ring (bicyclic) bond motifs is 1. The van der Waals surface area contributed by atoms with Gasteiger partial charge in [-0.3, -0.25) is 9.48 Å². The first-order valence-electron chi connectivity index (χ1n) is 11.3. The first-order chi connectivity index (χ1) is 16.4. The highest BCUT2D eigenvalue weighted by Gasteiger charge is 2.32. The van der Waals surface area contributed by atoms with Crippen LogP contribution in [-0.2, 0) is 5.60 Å². The molecule has 3 N–H and O–H groups in total. The number of nitrogens with zero attached hydrogens (tertiary/aromatic N) is 3. The summed E-state index contributed by atoms with van der Waals surface area (Å²) >= 11 is 0. The lowest BCUT2D eigenvalue weighted by Gasteiger charge is -2.27. The van der Waals surface area contributed by atoms with Gasteiger partial charge in [-0.1, -0.05) is 6.07 Å². The Balaban J connectivity index is 1.62. The average molecular weight is 492 g/mol. The highest BCUT2D eigenvalue weighted by atomic mass is 19.4. The number of benzene rings is 1. The zero-order valence-corrected chi connectivity index (χ0v) is 19.3. The van der Waals surface area contributed by atoms with E-state index in [1.807, 2.05) is 10.9 Å². The monoisotopic (exact) mass is 492 g/mol. The lowest BCUT2D eigenvalue weighted by atomic mass is 9.87. The SMILES string of the molecule is CC(C)(O)c1cc2nn([C@H]3CC[C@H](CO)CC3)cc2cc1NC(=O)c1cccc(OC(F)(F)F)n1. The Hall–Kier alpha value is -3.18. The van der Waals surface area contributed by atoms with Crippen molar-refractivity contribution in [3.8, 4) is 5.88 Å². The van der Waals surface area contributed by atoms with Gasteiger partial charge in [-0.15, -0.1) is 13.2 Å². The van der Waals surface area contributed by atoms with E-state index in [2.05, 4.69) is 20.1 Å². The summed E-state index contributed by atoms with van der Waals surface area (Å²) in [6.07, 6.45) is 0.555. The van der Waals surface area contributed by atoms with Gasteiger partial charge in [0.25, 0.3) is 5.91 Å². The van der Waals surface area contributed by atoms with E-state index in [0.717, 1.165) is 37.1 Å². The van der Waals surface area contributed by atoms with Crippen LogP contribution in [0.1, 0.15) is 61.6 Å². The van der Waals surface area contributed by atoms with Gasteiger partial charge in [-0.05, 0) is 63.6 Å². The zero-order chi connectivity index (χ0) is 25.4. The minimum Gasteiger partial charge on any atom is -0.396 e. The van der Waals surface area contributed by atoms with Crippen molar-refractivity contribution in [1.82, 2.24) is 14.8 Å². The molecule has 0 spiro atoms. The molecule has 2 aromatic heterocycles. The number of rotatable bonds is 6. The molecule has 4 rings (SSSR count). The first-order valence-corrected chi connectivity index (χ1v) is 11.3. The summed E-state index contributed by atoms with van der Waals surface area (Å²) in [7, 11) is 0. The van der Waals surface area contributed by atoms with E-state index in [-0.39, 0.29) is 18.3 Å². The lowest BCUT2D eigenvalue weighted by Crippen LogP contribution is -2.22. The summed E-state index contributed by atoms with van der Waals surface area (Å²) in [6.45, 7) is 3.31. The molecule has 3 aromatic rings. The van der Waals surface area contributed by atoms with Gasteiger partial charge < -0.3 is 20.3 Å². The van der Waals surface area contributed by atoms with Crippen LogP contribution in [0.5, 0.6) is 5.88 Å². The van der Waals surface area contributed by atoms with Crippen LogP contribution in [0.15, 0.2) is 36.5 Å². The smallest absolute Gasteiger partial charge is 0.396 e. The van der Waals surface area contributed by atoms with Crippen LogP contribution in [0, 0.1) is 5.92 Å². The van der Waals surface area contributed by atoms with E-state index in [9.17, 15) is 28.2 Å². The number of pyridine rings is 1. The number of amides is 1. The molecular weight excluding hydrogens is 465 g/mol. The van der Waals surface area contributed by atoms with E-state index in [0.29, 0.717) is 22.7 Å². The molecule has 188 valence electrons. The highest BCUT2D eigenvalue weighted by molar-refractivity contribution is 6.04.